The van der Waals surface area contributed by atoms with Crippen molar-refractivity contribution in [3.63, 3.8) is 0 Å². The zero-order valence-corrected chi connectivity index (χ0v) is 8.75. The van der Waals surface area contributed by atoms with Crippen LogP contribution in [0.3, 0.4) is 0 Å². The van der Waals surface area contributed by atoms with Gasteiger partial charge in [-0.1, -0.05) is 12.1 Å². The third-order valence-electron chi connectivity index (χ3n) is 2.15. The fourth-order valence-corrected chi connectivity index (χ4v) is 1.22. The summed E-state index contributed by atoms with van der Waals surface area (Å²) in [5.41, 5.74) is 6.38. The van der Waals surface area contributed by atoms with Crippen LogP contribution in [0.4, 0.5) is 5.69 Å². The molecular weight excluding hydrogens is 212 g/mol. The van der Waals surface area contributed by atoms with Crippen LogP contribution in [-0.4, -0.2) is 18.0 Å². The van der Waals surface area contributed by atoms with Gasteiger partial charge in [0, 0.05) is 18.2 Å². The number of ether oxygens (including phenoxy) is 1. The number of rotatable bonds is 4. The predicted molar refractivity (Wildman–Crippen MR) is 56.7 cm³/mol. The summed E-state index contributed by atoms with van der Waals surface area (Å²) >= 11 is 0. The molecule has 1 rings (SSSR count). The van der Waals surface area contributed by atoms with E-state index in [0.29, 0.717) is 5.56 Å². The van der Waals surface area contributed by atoms with E-state index in [9.17, 15) is 14.9 Å². The molecular formula is C10H12N2O4. The number of nitrogens with zero attached hydrogens (tertiary/aromatic N) is 1. The Kier molecular flexibility index (Phi) is 3.96. The van der Waals surface area contributed by atoms with E-state index in [2.05, 4.69) is 4.74 Å². The number of nitro groups is 1. The molecule has 6 heteroatoms. The minimum absolute atomic E-state index is 0.00554. The first-order chi connectivity index (χ1) is 7.54. The number of carbonyl (C=O) groups is 1. The van der Waals surface area contributed by atoms with Crippen molar-refractivity contribution in [3.05, 3.63) is 39.9 Å². The van der Waals surface area contributed by atoms with Crippen molar-refractivity contribution in [2.45, 2.75) is 12.5 Å². The molecule has 6 nitrogen and oxygen atoms in total. The van der Waals surface area contributed by atoms with Crippen LogP contribution in [0.5, 0.6) is 0 Å². The Labute approximate surface area is 92.2 Å². The zero-order chi connectivity index (χ0) is 12.1. The van der Waals surface area contributed by atoms with Gasteiger partial charge in [-0.15, -0.1) is 0 Å². The summed E-state index contributed by atoms with van der Waals surface area (Å²) in [5, 5.41) is 10.4. The summed E-state index contributed by atoms with van der Waals surface area (Å²) in [6.45, 7) is 0. The van der Waals surface area contributed by atoms with E-state index in [1.54, 1.807) is 0 Å². The zero-order valence-electron chi connectivity index (χ0n) is 8.75. The van der Waals surface area contributed by atoms with Crippen LogP contribution >= 0.6 is 0 Å². The number of hydrogen-bond donors (Lipinski definition) is 1. The Bertz CT molecular complexity index is 388. The predicted octanol–water partition coefficient (Wildman–Crippen LogP) is 1.16. The number of esters is 1. The van der Waals surface area contributed by atoms with Crippen molar-refractivity contribution in [1.82, 2.24) is 0 Å². The van der Waals surface area contributed by atoms with Gasteiger partial charge in [-0.25, -0.2) is 0 Å². The van der Waals surface area contributed by atoms with E-state index in [0.717, 1.165) is 0 Å². The van der Waals surface area contributed by atoms with Crippen molar-refractivity contribution in [2.75, 3.05) is 7.11 Å². The fourth-order valence-electron chi connectivity index (χ4n) is 1.22. The Hall–Kier alpha value is -1.95. The Morgan fingerprint density at radius 3 is 2.50 bits per heavy atom. The number of nitrogens with two attached hydrogens (primary N) is 1. The number of benzene rings is 1. The molecule has 0 fully saturated rings. The number of hydrogen-bond acceptors (Lipinski definition) is 5. The molecule has 86 valence electrons. The van der Waals surface area contributed by atoms with Gasteiger partial charge in [0.1, 0.15) is 0 Å². The molecule has 1 unspecified atom stereocenters. The minimum Gasteiger partial charge on any atom is -0.469 e. The normalized spacial score (nSPS) is 11.9. The van der Waals surface area contributed by atoms with Crippen LogP contribution in [0.15, 0.2) is 24.3 Å². The quantitative estimate of drug-likeness (QED) is 0.470. The Morgan fingerprint density at radius 2 is 2.06 bits per heavy atom. The van der Waals surface area contributed by atoms with Gasteiger partial charge in [-0.2, -0.15) is 0 Å². The first-order valence-corrected chi connectivity index (χ1v) is 4.61. The summed E-state index contributed by atoms with van der Waals surface area (Å²) in [4.78, 5) is 20.9. The van der Waals surface area contributed by atoms with E-state index >= 15 is 0 Å². The van der Waals surface area contributed by atoms with E-state index in [1.807, 2.05) is 0 Å². The van der Waals surface area contributed by atoms with E-state index in [4.69, 9.17) is 5.73 Å². The van der Waals surface area contributed by atoms with Crippen molar-refractivity contribution in [2.24, 2.45) is 5.73 Å². The molecule has 0 heterocycles. The average molecular weight is 224 g/mol. The van der Waals surface area contributed by atoms with Gasteiger partial charge in [-0.3, -0.25) is 14.9 Å². The first kappa shape index (κ1) is 12.1. The van der Waals surface area contributed by atoms with Crippen LogP contribution in [0, 0.1) is 10.1 Å². The third kappa shape index (κ3) is 3.03. The van der Waals surface area contributed by atoms with Gasteiger partial charge in [-0.05, 0) is 5.56 Å². The average Bonchev–Trinajstić information content (AvgIpc) is 2.28. The number of nitro benzene ring substituents is 1. The molecule has 16 heavy (non-hydrogen) atoms. The van der Waals surface area contributed by atoms with Crippen molar-refractivity contribution >= 4 is 11.7 Å². The summed E-state index contributed by atoms with van der Waals surface area (Å²) in [7, 11) is 1.28. The molecule has 0 aliphatic rings. The second kappa shape index (κ2) is 5.22. The third-order valence-corrected chi connectivity index (χ3v) is 2.15. The lowest BCUT2D eigenvalue weighted by Gasteiger charge is -2.09. The highest BCUT2D eigenvalue weighted by molar-refractivity contribution is 5.70. The summed E-state index contributed by atoms with van der Waals surface area (Å²) in [5.74, 6) is -0.411. The second-order valence-electron chi connectivity index (χ2n) is 3.24. The molecule has 0 aromatic heterocycles. The van der Waals surface area contributed by atoms with E-state index < -0.39 is 16.9 Å². The maximum absolute atomic E-state index is 11.0. The number of non-ortho nitro benzene ring substituents is 1. The maximum Gasteiger partial charge on any atom is 0.307 e. The number of carbonyl (C=O) groups excluding carboxylic acids is 1. The molecule has 0 radical (unpaired) electrons. The molecule has 0 aliphatic heterocycles. The summed E-state index contributed by atoms with van der Waals surface area (Å²) in [6, 6.07) is 5.27. The maximum atomic E-state index is 11.0. The SMILES string of the molecule is COC(=O)CC(N)c1ccc([N+](=O)[O-])cc1. The molecule has 0 saturated heterocycles. The fraction of sp³-hybridized carbons (Fsp3) is 0.300. The standard InChI is InChI=1S/C10H12N2O4/c1-16-10(13)6-9(11)7-2-4-8(5-3-7)12(14)15/h2-5,9H,6,11H2,1H3. The minimum atomic E-state index is -0.506. The summed E-state index contributed by atoms with van der Waals surface area (Å²) < 4.78 is 4.48. The molecule has 0 saturated carbocycles. The molecule has 1 atom stereocenters. The van der Waals surface area contributed by atoms with Crippen LogP contribution in [0.25, 0.3) is 0 Å². The molecule has 0 amide bonds. The smallest absolute Gasteiger partial charge is 0.307 e. The second-order valence-corrected chi connectivity index (χ2v) is 3.24. The molecule has 2 N–H and O–H groups in total. The highest BCUT2D eigenvalue weighted by atomic mass is 16.6. The monoisotopic (exact) mass is 224 g/mol. The largest absolute Gasteiger partial charge is 0.469 e. The molecule has 1 aromatic rings. The highest BCUT2D eigenvalue weighted by Gasteiger charge is 2.13. The Balaban J connectivity index is 2.73. The lowest BCUT2D eigenvalue weighted by atomic mass is 10.0. The highest BCUT2D eigenvalue weighted by Crippen LogP contribution is 2.18. The summed E-state index contributed by atoms with van der Waals surface area (Å²) in [6.07, 6.45) is 0.0499. The van der Waals surface area contributed by atoms with Crippen molar-refractivity contribution in [1.29, 1.82) is 0 Å². The lowest BCUT2D eigenvalue weighted by Crippen LogP contribution is -2.16. The Morgan fingerprint density at radius 1 is 1.50 bits per heavy atom. The van der Waals surface area contributed by atoms with Gasteiger partial charge >= 0.3 is 5.97 Å². The van der Waals surface area contributed by atoms with Crippen LogP contribution in [-0.2, 0) is 9.53 Å². The van der Waals surface area contributed by atoms with Gasteiger partial charge in [0.2, 0.25) is 0 Å². The first-order valence-electron chi connectivity index (χ1n) is 4.61. The number of methoxy groups -OCH3 is 1. The van der Waals surface area contributed by atoms with Crippen LogP contribution in [0.1, 0.15) is 18.0 Å². The van der Waals surface area contributed by atoms with Gasteiger partial charge < -0.3 is 10.5 Å². The molecule has 0 spiro atoms. The lowest BCUT2D eigenvalue weighted by molar-refractivity contribution is -0.384. The van der Waals surface area contributed by atoms with Crippen LogP contribution < -0.4 is 5.73 Å². The molecule has 1 aromatic carbocycles. The van der Waals surface area contributed by atoms with Gasteiger partial charge in [0.25, 0.3) is 5.69 Å². The van der Waals surface area contributed by atoms with Crippen molar-refractivity contribution in [3.8, 4) is 0 Å². The van der Waals surface area contributed by atoms with Gasteiger partial charge in [0.05, 0.1) is 18.5 Å². The molecule has 0 bridgehead atoms. The van der Waals surface area contributed by atoms with Crippen LogP contribution in [0.2, 0.25) is 0 Å². The molecule has 0 aliphatic carbocycles. The van der Waals surface area contributed by atoms with E-state index in [-0.39, 0.29) is 12.1 Å². The van der Waals surface area contributed by atoms with E-state index in [1.165, 1.54) is 31.4 Å². The van der Waals surface area contributed by atoms with Crippen molar-refractivity contribution < 1.29 is 14.5 Å². The topological polar surface area (TPSA) is 95.5 Å². The van der Waals surface area contributed by atoms with Gasteiger partial charge in [0.15, 0.2) is 0 Å².